The number of hydrogen-bond donors (Lipinski definition) is 1. The number of fused-ring (bicyclic) bond motifs is 1. The maximum Gasteiger partial charge on any atom is 0.112 e. The minimum Gasteiger partial charge on any atom is -0.380 e. The second-order valence-electron chi connectivity index (χ2n) is 5.48. The van der Waals surface area contributed by atoms with Crippen molar-refractivity contribution in [2.45, 2.75) is 38.6 Å². The molecule has 0 saturated heterocycles. The van der Waals surface area contributed by atoms with E-state index in [-0.39, 0.29) is 0 Å². The van der Waals surface area contributed by atoms with Crippen molar-refractivity contribution in [2.75, 3.05) is 5.32 Å². The quantitative estimate of drug-likeness (QED) is 0.892. The summed E-state index contributed by atoms with van der Waals surface area (Å²) in [6.07, 6.45) is 8.82. The van der Waals surface area contributed by atoms with Gasteiger partial charge in [0.25, 0.3) is 0 Å². The Morgan fingerprint density at radius 2 is 2.00 bits per heavy atom. The predicted molar refractivity (Wildman–Crippen MR) is 82.3 cm³/mol. The normalized spacial score (nSPS) is 23.5. The lowest BCUT2D eigenvalue weighted by Crippen LogP contribution is -2.25. The van der Waals surface area contributed by atoms with Gasteiger partial charge in [-0.05, 0) is 59.7 Å². The van der Waals surface area contributed by atoms with E-state index in [1.165, 1.54) is 25.7 Å². The fourth-order valence-electron chi connectivity index (χ4n) is 2.75. The Balaban J connectivity index is 1.84. The average molecular weight is 320 g/mol. The molecule has 2 aromatic heterocycles. The Morgan fingerprint density at radius 1 is 1.21 bits per heavy atom. The number of pyridine rings is 2. The lowest BCUT2D eigenvalue weighted by molar-refractivity contribution is 0.361. The van der Waals surface area contributed by atoms with E-state index in [0.29, 0.717) is 6.04 Å². The molecule has 1 aliphatic carbocycles. The monoisotopic (exact) mass is 319 g/mol. The van der Waals surface area contributed by atoms with Crippen molar-refractivity contribution in [3.05, 3.63) is 29.0 Å². The van der Waals surface area contributed by atoms with E-state index in [2.05, 4.69) is 38.1 Å². The predicted octanol–water partition coefficient (Wildman–Crippen LogP) is 4.38. The van der Waals surface area contributed by atoms with Crippen LogP contribution in [0.3, 0.4) is 0 Å². The van der Waals surface area contributed by atoms with E-state index in [4.69, 9.17) is 0 Å². The highest BCUT2D eigenvalue weighted by Crippen LogP contribution is 2.28. The van der Waals surface area contributed by atoms with Crippen LogP contribution in [0, 0.1) is 5.92 Å². The van der Waals surface area contributed by atoms with Crippen LogP contribution in [0.5, 0.6) is 0 Å². The van der Waals surface area contributed by atoms with Crippen molar-refractivity contribution in [1.29, 1.82) is 0 Å². The van der Waals surface area contributed by atoms with Crippen LogP contribution in [0.2, 0.25) is 0 Å². The molecule has 1 N–H and O–H groups in total. The van der Waals surface area contributed by atoms with Crippen LogP contribution < -0.4 is 5.32 Å². The molecule has 1 saturated carbocycles. The summed E-state index contributed by atoms with van der Waals surface area (Å²) in [5.74, 6) is 0.876. The van der Waals surface area contributed by atoms with Crippen molar-refractivity contribution >= 4 is 32.7 Å². The van der Waals surface area contributed by atoms with Gasteiger partial charge in [0.15, 0.2) is 0 Å². The molecule has 19 heavy (non-hydrogen) atoms. The molecule has 4 heteroatoms. The van der Waals surface area contributed by atoms with Crippen molar-refractivity contribution in [1.82, 2.24) is 9.97 Å². The number of halogens is 1. The van der Waals surface area contributed by atoms with Gasteiger partial charge in [-0.15, -0.1) is 0 Å². The molecule has 100 valence electrons. The van der Waals surface area contributed by atoms with Gasteiger partial charge in [0.05, 0.1) is 11.2 Å². The summed E-state index contributed by atoms with van der Waals surface area (Å²) in [4.78, 5) is 8.86. The molecule has 0 unspecified atom stereocenters. The summed E-state index contributed by atoms with van der Waals surface area (Å²) >= 11 is 3.44. The van der Waals surface area contributed by atoms with Crippen molar-refractivity contribution < 1.29 is 0 Å². The summed E-state index contributed by atoms with van der Waals surface area (Å²) in [6, 6.07) is 4.62. The van der Waals surface area contributed by atoms with Gasteiger partial charge < -0.3 is 5.32 Å². The Hall–Kier alpha value is -1.16. The zero-order valence-corrected chi connectivity index (χ0v) is 12.7. The molecule has 2 heterocycles. The second kappa shape index (κ2) is 5.45. The molecule has 0 amide bonds. The first kappa shape index (κ1) is 12.9. The fraction of sp³-hybridized carbons (Fsp3) is 0.467. The molecule has 0 aromatic carbocycles. The lowest BCUT2D eigenvalue weighted by atomic mass is 9.87. The van der Waals surface area contributed by atoms with E-state index in [0.717, 1.165) is 27.1 Å². The van der Waals surface area contributed by atoms with Crippen molar-refractivity contribution in [2.24, 2.45) is 5.92 Å². The molecule has 0 atom stereocenters. The third kappa shape index (κ3) is 2.89. The van der Waals surface area contributed by atoms with E-state index in [1.807, 2.05) is 24.5 Å². The van der Waals surface area contributed by atoms with Crippen LogP contribution >= 0.6 is 15.9 Å². The third-order valence-corrected chi connectivity index (χ3v) is 4.35. The molecule has 3 rings (SSSR count). The molecular weight excluding hydrogens is 302 g/mol. The molecule has 0 radical (unpaired) electrons. The highest BCUT2D eigenvalue weighted by atomic mass is 79.9. The largest absolute Gasteiger partial charge is 0.380 e. The van der Waals surface area contributed by atoms with Crippen LogP contribution in [0.1, 0.15) is 32.6 Å². The van der Waals surface area contributed by atoms with Gasteiger partial charge >= 0.3 is 0 Å². The van der Waals surface area contributed by atoms with E-state index in [9.17, 15) is 0 Å². The van der Waals surface area contributed by atoms with Crippen LogP contribution in [0.25, 0.3) is 11.0 Å². The number of anilines is 1. The number of rotatable bonds is 2. The first-order valence-electron chi connectivity index (χ1n) is 6.89. The molecule has 0 bridgehead atoms. The minimum atomic E-state index is 0.576. The van der Waals surface area contributed by atoms with E-state index < -0.39 is 0 Å². The van der Waals surface area contributed by atoms with Crippen molar-refractivity contribution in [3.8, 4) is 0 Å². The molecule has 1 fully saturated rings. The number of nitrogens with one attached hydrogen (secondary N) is 1. The molecule has 0 spiro atoms. The third-order valence-electron chi connectivity index (χ3n) is 3.92. The first-order valence-corrected chi connectivity index (χ1v) is 7.68. The Morgan fingerprint density at radius 3 is 2.79 bits per heavy atom. The van der Waals surface area contributed by atoms with Gasteiger partial charge in [-0.25, -0.2) is 0 Å². The smallest absolute Gasteiger partial charge is 0.112 e. The van der Waals surface area contributed by atoms with Crippen LogP contribution in [0.15, 0.2) is 29.0 Å². The number of nitrogens with zero attached hydrogens (tertiary/aromatic N) is 2. The lowest BCUT2D eigenvalue weighted by Gasteiger charge is -2.27. The maximum atomic E-state index is 4.49. The van der Waals surface area contributed by atoms with E-state index in [1.54, 1.807) is 0 Å². The summed E-state index contributed by atoms with van der Waals surface area (Å²) in [5.41, 5.74) is 3.00. The highest BCUT2D eigenvalue weighted by Gasteiger charge is 2.18. The van der Waals surface area contributed by atoms with Gasteiger partial charge in [-0.3, -0.25) is 9.97 Å². The molecule has 0 aliphatic heterocycles. The van der Waals surface area contributed by atoms with E-state index >= 15 is 0 Å². The number of hydrogen-bond acceptors (Lipinski definition) is 3. The Kier molecular flexibility index (Phi) is 3.69. The summed E-state index contributed by atoms with van der Waals surface area (Å²) in [7, 11) is 0. The van der Waals surface area contributed by atoms with Gasteiger partial charge in [-0.1, -0.05) is 6.92 Å². The first-order chi connectivity index (χ1) is 9.22. The highest BCUT2D eigenvalue weighted by molar-refractivity contribution is 9.10. The zero-order valence-electron chi connectivity index (χ0n) is 11.1. The maximum absolute atomic E-state index is 4.49. The van der Waals surface area contributed by atoms with Gasteiger partial charge in [0.1, 0.15) is 5.52 Å². The van der Waals surface area contributed by atoms with Crippen LogP contribution in [-0.2, 0) is 0 Å². The average Bonchev–Trinajstić information content (AvgIpc) is 2.41. The SMILES string of the molecule is CC1CCC(Nc2ccnc3cc(Br)cnc23)CC1. The van der Waals surface area contributed by atoms with Crippen LogP contribution in [-0.4, -0.2) is 16.0 Å². The summed E-state index contributed by atoms with van der Waals surface area (Å²) in [5, 5.41) is 3.65. The fourth-order valence-corrected chi connectivity index (χ4v) is 3.07. The summed E-state index contributed by atoms with van der Waals surface area (Å²) < 4.78 is 0.969. The Bertz CT molecular complexity index is 577. The van der Waals surface area contributed by atoms with Gasteiger partial charge in [0, 0.05) is 22.9 Å². The van der Waals surface area contributed by atoms with Gasteiger partial charge in [-0.2, -0.15) is 0 Å². The molecular formula is C15H18BrN3. The van der Waals surface area contributed by atoms with Gasteiger partial charge in [0.2, 0.25) is 0 Å². The standard InChI is InChI=1S/C15H18BrN3/c1-10-2-4-12(5-3-10)19-13-6-7-17-14-8-11(16)9-18-15(13)14/h6-10,12H,2-5H2,1H3,(H,17,19). The molecule has 1 aliphatic rings. The van der Waals surface area contributed by atoms with Crippen molar-refractivity contribution in [3.63, 3.8) is 0 Å². The topological polar surface area (TPSA) is 37.8 Å². The van der Waals surface area contributed by atoms with Crippen LogP contribution in [0.4, 0.5) is 5.69 Å². The Labute approximate surface area is 122 Å². The zero-order chi connectivity index (χ0) is 13.2. The molecule has 2 aromatic rings. The second-order valence-corrected chi connectivity index (χ2v) is 6.40. The molecule has 3 nitrogen and oxygen atoms in total. The minimum absolute atomic E-state index is 0.576. The summed E-state index contributed by atoms with van der Waals surface area (Å²) in [6.45, 7) is 2.34. The number of aromatic nitrogens is 2.